The molecule has 2 aliphatic heterocycles. The first-order chi connectivity index (χ1) is 13.2. The topological polar surface area (TPSA) is 67.7 Å². The highest BCUT2D eigenvalue weighted by Gasteiger charge is 2.26. The van der Waals surface area contributed by atoms with Gasteiger partial charge in [-0.2, -0.15) is 5.10 Å². The number of likely N-dealkylation sites (tertiary alicyclic amines) is 1. The lowest BCUT2D eigenvalue weighted by Crippen LogP contribution is -2.47. The minimum absolute atomic E-state index is 0.00788. The van der Waals surface area contributed by atoms with Crippen molar-refractivity contribution < 1.29 is 9.53 Å². The minimum atomic E-state index is -0.205. The van der Waals surface area contributed by atoms with Gasteiger partial charge in [-0.15, -0.1) is 0 Å². The maximum atomic E-state index is 12.8. The van der Waals surface area contributed by atoms with Gasteiger partial charge in [0.2, 0.25) is 5.91 Å². The van der Waals surface area contributed by atoms with Gasteiger partial charge in [0.25, 0.3) is 5.56 Å². The number of carbonyl (C=O) groups is 1. The molecule has 27 heavy (non-hydrogen) atoms. The lowest BCUT2D eigenvalue weighted by Gasteiger charge is -2.36. The Morgan fingerprint density at radius 1 is 1.19 bits per heavy atom. The van der Waals surface area contributed by atoms with Gasteiger partial charge in [-0.25, -0.2) is 4.68 Å². The molecule has 0 spiro atoms. The molecule has 1 atom stereocenters. The normalized spacial score (nSPS) is 21.5. The summed E-state index contributed by atoms with van der Waals surface area (Å²) in [6, 6.07) is 7.34. The number of nitrogens with zero attached hydrogens (tertiary/aromatic N) is 4. The van der Waals surface area contributed by atoms with E-state index in [0.29, 0.717) is 11.3 Å². The Bertz CT molecular complexity index is 860. The molecular formula is C20H26N4O3. The molecule has 2 fully saturated rings. The third kappa shape index (κ3) is 4.20. The Hall–Kier alpha value is -2.25. The quantitative estimate of drug-likeness (QED) is 0.802. The predicted molar refractivity (Wildman–Crippen MR) is 103 cm³/mol. The van der Waals surface area contributed by atoms with Gasteiger partial charge in [0, 0.05) is 38.1 Å². The molecule has 3 heterocycles. The van der Waals surface area contributed by atoms with Crippen LogP contribution in [0.15, 0.2) is 35.3 Å². The summed E-state index contributed by atoms with van der Waals surface area (Å²) in [5.74, 6) is 0.466. The largest absolute Gasteiger partial charge is 0.379 e. The first-order valence-electron chi connectivity index (χ1n) is 9.73. The van der Waals surface area contributed by atoms with Crippen molar-refractivity contribution in [2.45, 2.75) is 19.4 Å². The molecule has 0 bridgehead atoms. The second-order valence-electron chi connectivity index (χ2n) is 7.46. The average Bonchev–Trinajstić information content (AvgIpc) is 2.71. The molecule has 0 N–H and O–H groups in total. The predicted octanol–water partition coefficient (Wildman–Crippen LogP) is 0.967. The fraction of sp³-hybridized carbons (Fsp3) is 0.550. The summed E-state index contributed by atoms with van der Waals surface area (Å²) in [5, 5.41) is 5.59. The van der Waals surface area contributed by atoms with Gasteiger partial charge in [-0.1, -0.05) is 18.2 Å². The number of hydrogen-bond acceptors (Lipinski definition) is 5. The van der Waals surface area contributed by atoms with Crippen molar-refractivity contribution in [2.75, 3.05) is 45.9 Å². The molecule has 2 aromatic rings. The molecule has 0 unspecified atom stereocenters. The van der Waals surface area contributed by atoms with Crippen molar-refractivity contribution in [3.05, 3.63) is 40.8 Å². The van der Waals surface area contributed by atoms with Crippen LogP contribution in [0.4, 0.5) is 0 Å². The van der Waals surface area contributed by atoms with E-state index in [1.54, 1.807) is 12.3 Å². The van der Waals surface area contributed by atoms with E-state index >= 15 is 0 Å². The van der Waals surface area contributed by atoms with Crippen LogP contribution in [0.3, 0.4) is 0 Å². The second-order valence-corrected chi connectivity index (χ2v) is 7.46. The molecule has 0 saturated carbocycles. The highest BCUT2D eigenvalue weighted by atomic mass is 16.5. The number of piperidine rings is 1. The van der Waals surface area contributed by atoms with Gasteiger partial charge >= 0.3 is 0 Å². The molecule has 0 radical (unpaired) electrons. The van der Waals surface area contributed by atoms with E-state index in [0.717, 1.165) is 64.2 Å². The average molecular weight is 370 g/mol. The number of rotatable bonds is 4. The summed E-state index contributed by atoms with van der Waals surface area (Å²) < 4.78 is 6.70. The van der Waals surface area contributed by atoms with Gasteiger partial charge in [-0.3, -0.25) is 14.5 Å². The first-order valence-corrected chi connectivity index (χ1v) is 9.73. The Kier molecular flexibility index (Phi) is 5.50. The van der Waals surface area contributed by atoms with Crippen LogP contribution in [0.25, 0.3) is 10.8 Å². The molecule has 1 amide bonds. The van der Waals surface area contributed by atoms with E-state index in [4.69, 9.17) is 4.74 Å². The van der Waals surface area contributed by atoms with Gasteiger partial charge in [0.05, 0.1) is 24.8 Å². The molecule has 144 valence electrons. The van der Waals surface area contributed by atoms with E-state index in [9.17, 15) is 9.59 Å². The summed E-state index contributed by atoms with van der Waals surface area (Å²) in [4.78, 5) is 29.7. The van der Waals surface area contributed by atoms with Crippen LogP contribution in [0, 0.1) is 5.92 Å². The smallest absolute Gasteiger partial charge is 0.275 e. The number of carbonyl (C=O) groups excluding carboxylic acids is 1. The molecule has 1 aromatic carbocycles. The van der Waals surface area contributed by atoms with Crippen molar-refractivity contribution in [3.8, 4) is 0 Å². The molecule has 1 aromatic heterocycles. The highest BCUT2D eigenvalue weighted by Crippen LogP contribution is 2.18. The maximum absolute atomic E-state index is 12.8. The standard InChI is InChI=1S/C20H26N4O3/c25-19(15-24-20(26)18-6-2-1-5-17(18)12-21-24)23-7-3-4-16(14-23)13-22-8-10-27-11-9-22/h1-2,5-6,12,16H,3-4,7-11,13-15H2/t16-/m1/s1. The molecule has 4 rings (SSSR count). The Balaban J connectivity index is 1.40. The van der Waals surface area contributed by atoms with E-state index < -0.39 is 0 Å². The second kappa shape index (κ2) is 8.19. The van der Waals surface area contributed by atoms with E-state index in [-0.39, 0.29) is 18.0 Å². The Morgan fingerprint density at radius 3 is 2.85 bits per heavy atom. The minimum Gasteiger partial charge on any atom is -0.379 e. The number of ether oxygens (including phenoxy) is 1. The number of morpholine rings is 1. The fourth-order valence-corrected chi connectivity index (χ4v) is 4.06. The van der Waals surface area contributed by atoms with Crippen molar-refractivity contribution >= 4 is 16.7 Å². The number of aromatic nitrogens is 2. The van der Waals surface area contributed by atoms with Crippen LogP contribution in [0.2, 0.25) is 0 Å². The van der Waals surface area contributed by atoms with Crippen molar-refractivity contribution in [2.24, 2.45) is 5.92 Å². The number of amides is 1. The first kappa shape index (κ1) is 18.1. The van der Waals surface area contributed by atoms with E-state index in [2.05, 4.69) is 10.00 Å². The molecular weight excluding hydrogens is 344 g/mol. The summed E-state index contributed by atoms with van der Waals surface area (Å²) in [5.41, 5.74) is -0.205. The zero-order chi connectivity index (χ0) is 18.6. The zero-order valence-electron chi connectivity index (χ0n) is 15.5. The summed E-state index contributed by atoms with van der Waals surface area (Å²) in [6.07, 6.45) is 3.82. The number of hydrogen-bond donors (Lipinski definition) is 0. The van der Waals surface area contributed by atoms with Crippen LogP contribution >= 0.6 is 0 Å². The Morgan fingerprint density at radius 2 is 2.00 bits per heavy atom. The summed E-state index contributed by atoms with van der Waals surface area (Å²) >= 11 is 0. The Labute approximate surface area is 158 Å². The van der Waals surface area contributed by atoms with Crippen LogP contribution in [0.1, 0.15) is 12.8 Å². The fourth-order valence-electron chi connectivity index (χ4n) is 4.06. The van der Waals surface area contributed by atoms with Crippen LogP contribution in [-0.4, -0.2) is 71.4 Å². The van der Waals surface area contributed by atoms with Gasteiger partial charge in [0.1, 0.15) is 6.54 Å². The third-order valence-corrected chi connectivity index (χ3v) is 5.54. The molecule has 7 heteroatoms. The van der Waals surface area contributed by atoms with Gasteiger partial charge in [0.15, 0.2) is 0 Å². The monoisotopic (exact) mass is 370 g/mol. The molecule has 2 saturated heterocycles. The number of benzene rings is 1. The van der Waals surface area contributed by atoms with Gasteiger partial charge < -0.3 is 9.64 Å². The van der Waals surface area contributed by atoms with Crippen LogP contribution in [-0.2, 0) is 16.1 Å². The van der Waals surface area contributed by atoms with E-state index in [1.807, 2.05) is 23.1 Å². The van der Waals surface area contributed by atoms with E-state index in [1.165, 1.54) is 4.68 Å². The van der Waals surface area contributed by atoms with Crippen molar-refractivity contribution in [3.63, 3.8) is 0 Å². The van der Waals surface area contributed by atoms with Gasteiger partial charge in [-0.05, 0) is 24.8 Å². The molecule has 0 aliphatic carbocycles. The molecule has 2 aliphatic rings. The van der Waals surface area contributed by atoms with Crippen LogP contribution in [0.5, 0.6) is 0 Å². The maximum Gasteiger partial charge on any atom is 0.275 e. The summed E-state index contributed by atoms with van der Waals surface area (Å²) in [7, 11) is 0. The van der Waals surface area contributed by atoms with Crippen molar-refractivity contribution in [1.29, 1.82) is 0 Å². The lowest BCUT2D eigenvalue weighted by molar-refractivity contribution is -0.134. The number of fused-ring (bicyclic) bond motifs is 1. The lowest BCUT2D eigenvalue weighted by atomic mass is 9.97. The van der Waals surface area contributed by atoms with Crippen molar-refractivity contribution in [1.82, 2.24) is 19.6 Å². The molecule has 7 nitrogen and oxygen atoms in total. The zero-order valence-corrected chi connectivity index (χ0v) is 15.5. The SMILES string of the molecule is O=C(Cn1ncc2ccccc2c1=O)N1CCC[C@H](CN2CCOCC2)C1. The third-order valence-electron chi connectivity index (χ3n) is 5.54. The summed E-state index contributed by atoms with van der Waals surface area (Å²) in [6.45, 7) is 6.09. The highest BCUT2D eigenvalue weighted by molar-refractivity contribution is 5.81. The van der Waals surface area contributed by atoms with Crippen LogP contribution < -0.4 is 5.56 Å².